The lowest BCUT2D eigenvalue weighted by Gasteiger charge is -2.39. The maximum Gasteiger partial charge on any atom is 0.119 e. The van der Waals surface area contributed by atoms with Gasteiger partial charge in [-0.05, 0) is 69.1 Å². The van der Waals surface area contributed by atoms with Gasteiger partial charge in [-0.1, -0.05) is 30.3 Å². The third-order valence-corrected chi connectivity index (χ3v) is 6.08. The first-order valence-electron chi connectivity index (χ1n) is 11.8. The van der Waals surface area contributed by atoms with Crippen LogP contribution in [0.1, 0.15) is 36.2 Å². The molecule has 33 heavy (non-hydrogen) atoms. The molecule has 0 amide bonds. The zero-order chi connectivity index (χ0) is 23.1. The van der Waals surface area contributed by atoms with Crippen LogP contribution in [0.15, 0.2) is 60.7 Å². The van der Waals surface area contributed by atoms with Crippen LogP contribution >= 0.6 is 0 Å². The molecule has 0 spiro atoms. The Morgan fingerprint density at radius 2 is 1.82 bits per heavy atom. The lowest BCUT2D eigenvalue weighted by molar-refractivity contribution is -0.0621. The average Bonchev–Trinajstić information content (AvgIpc) is 3.13. The summed E-state index contributed by atoms with van der Waals surface area (Å²) in [5, 5.41) is 15.6. The SMILES string of the molecule is Cc1cc(C)n(CCCOc2cccc(CN3CCC[C@@](O)(COc4ccccc4)C3)c2)n1. The summed E-state index contributed by atoms with van der Waals surface area (Å²) in [7, 11) is 0. The number of likely N-dealkylation sites (tertiary alicyclic amines) is 1. The Bertz CT molecular complexity index is 1020. The summed E-state index contributed by atoms with van der Waals surface area (Å²) in [5.41, 5.74) is 2.60. The quantitative estimate of drug-likeness (QED) is 0.466. The Labute approximate surface area is 196 Å². The molecule has 1 N–H and O–H groups in total. The summed E-state index contributed by atoms with van der Waals surface area (Å²) >= 11 is 0. The van der Waals surface area contributed by atoms with E-state index in [4.69, 9.17) is 9.47 Å². The highest BCUT2D eigenvalue weighted by molar-refractivity contribution is 5.28. The van der Waals surface area contributed by atoms with Crippen molar-refractivity contribution < 1.29 is 14.6 Å². The lowest BCUT2D eigenvalue weighted by Crippen LogP contribution is -2.51. The number of β-amino-alcohol motifs (C(OH)–C–C–N with tert-alkyl or cyclic N) is 1. The Hall–Kier alpha value is -2.83. The highest BCUT2D eigenvalue weighted by Crippen LogP contribution is 2.25. The second-order valence-electron chi connectivity index (χ2n) is 9.14. The molecule has 0 aliphatic carbocycles. The summed E-state index contributed by atoms with van der Waals surface area (Å²) in [6, 6.07) is 20.1. The summed E-state index contributed by atoms with van der Waals surface area (Å²) in [4.78, 5) is 2.31. The topological polar surface area (TPSA) is 59.8 Å². The Morgan fingerprint density at radius 3 is 2.61 bits per heavy atom. The van der Waals surface area contributed by atoms with E-state index >= 15 is 0 Å². The molecular formula is C27H35N3O3. The average molecular weight is 450 g/mol. The predicted octanol–water partition coefficient (Wildman–Crippen LogP) is 4.37. The van der Waals surface area contributed by atoms with Crippen molar-refractivity contribution in [2.45, 2.75) is 51.8 Å². The highest BCUT2D eigenvalue weighted by atomic mass is 16.5. The molecule has 0 radical (unpaired) electrons. The number of hydrogen-bond donors (Lipinski definition) is 1. The van der Waals surface area contributed by atoms with E-state index in [0.717, 1.165) is 56.1 Å². The zero-order valence-electron chi connectivity index (χ0n) is 19.7. The standard InChI is InChI=1S/C27H35N3O3/c1-22-17-23(2)30(28-22)15-8-16-32-26-12-6-9-24(18-26)19-29-14-7-13-27(31,20-29)21-33-25-10-4-3-5-11-25/h3-6,9-12,17-18,31H,7-8,13-16,19-21H2,1-2H3/t27-/m0/s1. The zero-order valence-corrected chi connectivity index (χ0v) is 19.7. The van der Waals surface area contributed by atoms with Gasteiger partial charge in [0.25, 0.3) is 0 Å². The van der Waals surface area contributed by atoms with Crippen LogP contribution < -0.4 is 9.47 Å². The van der Waals surface area contributed by atoms with Gasteiger partial charge in [0.2, 0.25) is 0 Å². The van der Waals surface area contributed by atoms with Gasteiger partial charge in [-0.25, -0.2) is 0 Å². The fraction of sp³-hybridized carbons (Fsp3) is 0.444. The van der Waals surface area contributed by atoms with Crippen LogP contribution in [0, 0.1) is 13.8 Å². The molecule has 6 nitrogen and oxygen atoms in total. The van der Waals surface area contributed by atoms with Crippen molar-refractivity contribution in [3.05, 3.63) is 77.6 Å². The minimum Gasteiger partial charge on any atom is -0.494 e. The molecule has 1 saturated heterocycles. The molecule has 176 valence electrons. The molecule has 6 heteroatoms. The Kier molecular flexibility index (Phi) is 7.68. The van der Waals surface area contributed by atoms with Gasteiger partial charge in [0.05, 0.1) is 12.3 Å². The first kappa shape index (κ1) is 23.3. The fourth-order valence-corrected chi connectivity index (χ4v) is 4.49. The second-order valence-corrected chi connectivity index (χ2v) is 9.14. The van der Waals surface area contributed by atoms with Gasteiger partial charge >= 0.3 is 0 Å². The van der Waals surface area contributed by atoms with Gasteiger partial charge in [-0.15, -0.1) is 0 Å². The van der Waals surface area contributed by atoms with Crippen LogP contribution in [0.5, 0.6) is 11.5 Å². The molecule has 4 rings (SSSR count). The number of nitrogens with zero attached hydrogens (tertiary/aromatic N) is 3. The van der Waals surface area contributed by atoms with Gasteiger partial charge in [0.1, 0.15) is 23.7 Å². The highest BCUT2D eigenvalue weighted by Gasteiger charge is 2.34. The first-order valence-corrected chi connectivity index (χ1v) is 11.8. The number of aliphatic hydroxyl groups is 1. The number of ether oxygens (including phenoxy) is 2. The molecule has 1 aliphatic rings. The minimum atomic E-state index is -0.828. The van der Waals surface area contributed by atoms with Crippen molar-refractivity contribution >= 4 is 0 Å². The van der Waals surface area contributed by atoms with E-state index in [1.807, 2.05) is 54.1 Å². The first-order chi connectivity index (χ1) is 16.0. The normalized spacial score (nSPS) is 18.9. The molecule has 1 atom stereocenters. The van der Waals surface area contributed by atoms with E-state index in [-0.39, 0.29) is 0 Å². The van der Waals surface area contributed by atoms with Crippen LogP contribution in [0.4, 0.5) is 0 Å². The number of hydrogen-bond acceptors (Lipinski definition) is 5. The van der Waals surface area contributed by atoms with Gasteiger partial charge < -0.3 is 14.6 Å². The molecule has 2 heterocycles. The molecule has 0 bridgehead atoms. The number of piperidine rings is 1. The maximum absolute atomic E-state index is 11.1. The van der Waals surface area contributed by atoms with Gasteiger partial charge in [0, 0.05) is 31.7 Å². The number of aromatic nitrogens is 2. The number of aryl methyl sites for hydroxylation is 3. The summed E-state index contributed by atoms with van der Waals surface area (Å²) in [6.45, 7) is 8.29. The van der Waals surface area contributed by atoms with Crippen LogP contribution in [0.2, 0.25) is 0 Å². The monoisotopic (exact) mass is 449 g/mol. The van der Waals surface area contributed by atoms with Gasteiger partial charge in [-0.2, -0.15) is 5.10 Å². The van der Waals surface area contributed by atoms with Crippen molar-refractivity contribution in [3.8, 4) is 11.5 Å². The molecule has 2 aromatic carbocycles. The Balaban J connectivity index is 1.25. The van der Waals surface area contributed by atoms with E-state index < -0.39 is 5.60 Å². The summed E-state index contributed by atoms with van der Waals surface area (Å²) < 4.78 is 13.9. The van der Waals surface area contributed by atoms with E-state index in [1.165, 1.54) is 11.3 Å². The van der Waals surface area contributed by atoms with Crippen LogP contribution in [-0.2, 0) is 13.1 Å². The molecule has 1 aliphatic heterocycles. The van der Waals surface area contributed by atoms with E-state index in [0.29, 0.717) is 19.8 Å². The van der Waals surface area contributed by atoms with Gasteiger partial charge in [0.15, 0.2) is 0 Å². The third kappa shape index (κ3) is 6.83. The number of benzene rings is 2. The van der Waals surface area contributed by atoms with Crippen molar-refractivity contribution in [2.75, 3.05) is 26.3 Å². The van der Waals surface area contributed by atoms with Crippen LogP contribution in [0.3, 0.4) is 0 Å². The molecule has 3 aromatic rings. The predicted molar refractivity (Wildman–Crippen MR) is 130 cm³/mol. The summed E-state index contributed by atoms with van der Waals surface area (Å²) in [6.07, 6.45) is 2.62. The fourth-order valence-electron chi connectivity index (χ4n) is 4.49. The maximum atomic E-state index is 11.1. The third-order valence-electron chi connectivity index (χ3n) is 6.08. The van der Waals surface area contributed by atoms with E-state index in [9.17, 15) is 5.11 Å². The van der Waals surface area contributed by atoms with Crippen molar-refractivity contribution in [1.82, 2.24) is 14.7 Å². The largest absolute Gasteiger partial charge is 0.494 e. The molecule has 1 fully saturated rings. The van der Waals surface area contributed by atoms with Crippen LogP contribution in [0.25, 0.3) is 0 Å². The van der Waals surface area contributed by atoms with Crippen molar-refractivity contribution in [2.24, 2.45) is 0 Å². The molecule has 0 saturated carbocycles. The number of para-hydroxylation sites is 1. The van der Waals surface area contributed by atoms with E-state index in [1.54, 1.807) is 0 Å². The van der Waals surface area contributed by atoms with Gasteiger partial charge in [-0.3, -0.25) is 9.58 Å². The summed E-state index contributed by atoms with van der Waals surface area (Å²) in [5.74, 6) is 1.69. The van der Waals surface area contributed by atoms with E-state index in [2.05, 4.69) is 35.1 Å². The molecule has 1 aromatic heterocycles. The molecule has 0 unspecified atom stereocenters. The Morgan fingerprint density at radius 1 is 1.00 bits per heavy atom. The lowest BCUT2D eigenvalue weighted by atomic mass is 9.93. The minimum absolute atomic E-state index is 0.311. The smallest absolute Gasteiger partial charge is 0.119 e. The number of rotatable bonds is 10. The van der Waals surface area contributed by atoms with Crippen LogP contribution in [-0.4, -0.2) is 51.7 Å². The van der Waals surface area contributed by atoms with Crippen molar-refractivity contribution in [1.29, 1.82) is 0 Å². The second kappa shape index (κ2) is 10.9. The molecular weight excluding hydrogens is 414 g/mol. The van der Waals surface area contributed by atoms with Crippen molar-refractivity contribution in [3.63, 3.8) is 0 Å².